The Morgan fingerprint density at radius 2 is 1.77 bits per heavy atom. The van der Waals surface area contributed by atoms with Gasteiger partial charge < -0.3 is 14.5 Å². The number of hydrogen-bond donors (Lipinski definition) is 0. The zero-order chi connectivity index (χ0) is 21.5. The summed E-state index contributed by atoms with van der Waals surface area (Å²) in [6.07, 6.45) is 13.2. The minimum Gasteiger partial charge on any atom is -0.494 e. The highest BCUT2D eigenvalue weighted by Crippen LogP contribution is 2.34. The molecule has 6 heteroatoms. The Balaban J connectivity index is 1.40. The van der Waals surface area contributed by atoms with Gasteiger partial charge in [0.25, 0.3) is 5.91 Å². The van der Waals surface area contributed by atoms with E-state index in [9.17, 15) is 9.18 Å². The fourth-order valence-corrected chi connectivity index (χ4v) is 4.98. The van der Waals surface area contributed by atoms with Crippen molar-refractivity contribution in [2.24, 2.45) is 11.8 Å². The number of rotatable bonds is 3. The van der Waals surface area contributed by atoms with Gasteiger partial charge in [-0.05, 0) is 60.4 Å². The van der Waals surface area contributed by atoms with Crippen LogP contribution in [0.5, 0.6) is 5.75 Å². The van der Waals surface area contributed by atoms with Gasteiger partial charge in [0, 0.05) is 44.2 Å². The van der Waals surface area contributed by atoms with E-state index in [4.69, 9.17) is 4.74 Å². The number of benzene rings is 1. The SMILES string of the molecule is COc1ccc(C2=CC(=O)N3C=C(N4C[C@H]5CN(C)C[C@H]5C4)C=C/C3=C\C=C2)cc1F. The number of hydrogen-bond acceptors (Lipinski definition) is 4. The number of carbonyl (C=O) groups excluding carboxylic acids is 1. The quantitative estimate of drug-likeness (QED) is 0.753. The summed E-state index contributed by atoms with van der Waals surface area (Å²) in [5, 5.41) is 0. The Labute approximate surface area is 182 Å². The van der Waals surface area contributed by atoms with Gasteiger partial charge in [0.1, 0.15) is 0 Å². The number of fused-ring (bicyclic) bond motifs is 2. The fraction of sp³-hybridized carbons (Fsp3) is 0.320. The van der Waals surface area contributed by atoms with Gasteiger partial charge in [-0.15, -0.1) is 0 Å². The van der Waals surface area contributed by atoms with Crippen LogP contribution in [-0.4, -0.2) is 60.9 Å². The highest BCUT2D eigenvalue weighted by Gasteiger charge is 2.39. The molecule has 5 rings (SSSR count). The van der Waals surface area contributed by atoms with Crippen molar-refractivity contribution in [3.63, 3.8) is 0 Å². The van der Waals surface area contributed by atoms with Crippen molar-refractivity contribution in [1.29, 1.82) is 0 Å². The molecule has 2 atom stereocenters. The Morgan fingerprint density at radius 1 is 1.03 bits per heavy atom. The summed E-state index contributed by atoms with van der Waals surface area (Å²) in [5.41, 5.74) is 3.18. The third-order valence-corrected chi connectivity index (χ3v) is 6.54. The first kappa shape index (κ1) is 19.8. The molecular weight excluding hydrogens is 393 g/mol. The maximum Gasteiger partial charge on any atom is 0.255 e. The van der Waals surface area contributed by atoms with Gasteiger partial charge in [0.05, 0.1) is 12.8 Å². The molecule has 160 valence electrons. The topological polar surface area (TPSA) is 36.0 Å². The summed E-state index contributed by atoms with van der Waals surface area (Å²) < 4.78 is 19.2. The molecule has 0 aliphatic carbocycles. The molecule has 1 amide bonds. The van der Waals surface area contributed by atoms with Crippen LogP contribution in [0.1, 0.15) is 5.56 Å². The van der Waals surface area contributed by atoms with Gasteiger partial charge in [-0.1, -0.05) is 18.2 Å². The molecule has 31 heavy (non-hydrogen) atoms. The third-order valence-electron chi connectivity index (χ3n) is 6.54. The molecular formula is C25H26FN3O2. The minimum absolute atomic E-state index is 0.150. The van der Waals surface area contributed by atoms with E-state index in [1.165, 1.54) is 13.2 Å². The van der Waals surface area contributed by atoms with Crippen molar-refractivity contribution in [2.45, 2.75) is 0 Å². The van der Waals surface area contributed by atoms with Crippen molar-refractivity contribution in [2.75, 3.05) is 40.3 Å². The number of likely N-dealkylation sites (tertiary alicyclic amines) is 2. The van der Waals surface area contributed by atoms with Gasteiger partial charge >= 0.3 is 0 Å². The summed E-state index contributed by atoms with van der Waals surface area (Å²) in [6.45, 7) is 4.33. The number of allylic oxidation sites excluding steroid dienone is 6. The first-order chi connectivity index (χ1) is 15.0. The summed E-state index contributed by atoms with van der Waals surface area (Å²) >= 11 is 0. The van der Waals surface area contributed by atoms with Gasteiger partial charge in [0.2, 0.25) is 0 Å². The molecule has 4 heterocycles. The van der Waals surface area contributed by atoms with Crippen LogP contribution < -0.4 is 4.74 Å². The van der Waals surface area contributed by atoms with Crippen molar-refractivity contribution in [3.8, 4) is 5.75 Å². The zero-order valence-electron chi connectivity index (χ0n) is 17.8. The highest BCUT2D eigenvalue weighted by atomic mass is 19.1. The Bertz CT molecular complexity index is 1050. The molecule has 0 radical (unpaired) electrons. The molecule has 1 aromatic carbocycles. The van der Waals surface area contributed by atoms with Crippen molar-refractivity contribution >= 4 is 11.5 Å². The summed E-state index contributed by atoms with van der Waals surface area (Å²) in [5.74, 6) is 0.969. The smallest absolute Gasteiger partial charge is 0.255 e. The van der Waals surface area contributed by atoms with Crippen molar-refractivity contribution in [3.05, 3.63) is 83.6 Å². The second kappa shape index (κ2) is 7.85. The molecule has 2 fully saturated rings. The van der Waals surface area contributed by atoms with E-state index in [1.54, 1.807) is 23.1 Å². The van der Waals surface area contributed by atoms with Crippen LogP contribution in [0.25, 0.3) is 5.57 Å². The van der Waals surface area contributed by atoms with Crippen LogP contribution in [-0.2, 0) is 4.79 Å². The lowest BCUT2D eigenvalue weighted by molar-refractivity contribution is -0.122. The van der Waals surface area contributed by atoms with Crippen LogP contribution in [0.3, 0.4) is 0 Å². The molecule has 0 bridgehead atoms. The monoisotopic (exact) mass is 419 g/mol. The molecule has 0 aromatic heterocycles. The van der Waals surface area contributed by atoms with E-state index in [0.29, 0.717) is 23.0 Å². The van der Waals surface area contributed by atoms with E-state index >= 15 is 0 Å². The lowest BCUT2D eigenvalue weighted by Gasteiger charge is -2.29. The first-order valence-electron chi connectivity index (χ1n) is 10.6. The van der Waals surface area contributed by atoms with Crippen LogP contribution in [0, 0.1) is 17.7 Å². The number of halogens is 1. The van der Waals surface area contributed by atoms with Gasteiger partial charge in [0.15, 0.2) is 11.6 Å². The Hall–Kier alpha value is -3.12. The van der Waals surface area contributed by atoms with E-state index < -0.39 is 5.82 Å². The minimum atomic E-state index is -0.451. The zero-order valence-corrected chi connectivity index (χ0v) is 17.8. The van der Waals surface area contributed by atoms with Crippen LogP contribution >= 0.6 is 0 Å². The average molecular weight is 420 g/mol. The lowest BCUT2D eigenvalue weighted by Crippen LogP contribution is -2.31. The number of carbonyl (C=O) groups is 1. The predicted octanol–water partition coefficient (Wildman–Crippen LogP) is 3.40. The molecule has 0 saturated carbocycles. The molecule has 4 aliphatic heterocycles. The third kappa shape index (κ3) is 3.72. The molecule has 2 saturated heterocycles. The van der Waals surface area contributed by atoms with E-state index in [-0.39, 0.29) is 11.7 Å². The molecule has 0 N–H and O–H groups in total. The predicted molar refractivity (Wildman–Crippen MR) is 118 cm³/mol. The van der Waals surface area contributed by atoms with Crippen LogP contribution in [0.4, 0.5) is 4.39 Å². The van der Waals surface area contributed by atoms with Crippen LogP contribution in [0.15, 0.2) is 72.2 Å². The largest absolute Gasteiger partial charge is 0.494 e. The maximum absolute atomic E-state index is 14.2. The van der Waals surface area contributed by atoms with Gasteiger partial charge in [-0.2, -0.15) is 0 Å². The summed E-state index contributed by atoms with van der Waals surface area (Å²) in [7, 11) is 3.62. The van der Waals surface area contributed by atoms with Crippen molar-refractivity contribution < 1.29 is 13.9 Å². The number of amides is 1. The number of methoxy groups -OCH3 is 1. The van der Waals surface area contributed by atoms with Gasteiger partial charge in [-0.3, -0.25) is 9.69 Å². The summed E-state index contributed by atoms with van der Waals surface area (Å²) in [6, 6.07) is 4.73. The summed E-state index contributed by atoms with van der Waals surface area (Å²) in [4.78, 5) is 19.6. The standard InChI is InChI=1S/C25H26FN3O2/c1-27-12-19-14-28(15-20(19)13-27)22-8-7-21-5-3-4-17(11-25(30)29(21)16-22)18-6-9-24(31-2)23(26)10-18/h3-11,16,19-20H,12-15H2,1-2H3/b4-3?,17-11?,21-5+/t19-,20+. The van der Waals surface area contributed by atoms with E-state index in [2.05, 4.69) is 22.9 Å². The second-order valence-electron chi connectivity index (χ2n) is 8.64. The van der Waals surface area contributed by atoms with Crippen molar-refractivity contribution in [1.82, 2.24) is 14.7 Å². The molecule has 4 aliphatic rings. The highest BCUT2D eigenvalue weighted by molar-refractivity contribution is 5.99. The maximum atomic E-state index is 14.2. The average Bonchev–Trinajstić information content (AvgIpc) is 3.29. The second-order valence-corrected chi connectivity index (χ2v) is 8.64. The lowest BCUT2D eigenvalue weighted by atomic mass is 10.0. The van der Waals surface area contributed by atoms with E-state index in [1.807, 2.05) is 30.5 Å². The number of ether oxygens (including phenoxy) is 1. The molecule has 5 nitrogen and oxygen atoms in total. The first-order valence-corrected chi connectivity index (χ1v) is 10.6. The molecule has 0 unspecified atom stereocenters. The normalized spacial score (nSPS) is 27.2. The van der Waals surface area contributed by atoms with E-state index in [0.717, 1.165) is 37.6 Å². The Kier molecular flexibility index (Phi) is 5.02. The fourth-order valence-electron chi connectivity index (χ4n) is 4.98. The van der Waals surface area contributed by atoms with Gasteiger partial charge in [-0.25, -0.2) is 4.39 Å². The molecule has 0 spiro atoms. The molecule has 1 aromatic rings. The van der Waals surface area contributed by atoms with Crippen LogP contribution in [0.2, 0.25) is 0 Å². The Morgan fingerprint density at radius 3 is 2.48 bits per heavy atom. The number of nitrogens with zero attached hydrogens (tertiary/aromatic N) is 3.